The Morgan fingerprint density at radius 1 is 1.03 bits per heavy atom. The van der Waals surface area contributed by atoms with Crippen LogP contribution in [0.5, 0.6) is 28.9 Å². The number of phenols is 1. The zero-order valence-corrected chi connectivity index (χ0v) is 15.2. The predicted octanol–water partition coefficient (Wildman–Crippen LogP) is 2.88. The Labute approximate surface area is 165 Å². The number of nitrogens with two attached hydrogens (primary N) is 2. The van der Waals surface area contributed by atoms with Crippen LogP contribution < -0.4 is 25.7 Å². The Kier molecular flexibility index (Phi) is 3.64. The van der Waals surface area contributed by atoms with Crippen molar-refractivity contribution in [3.63, 3.8) is 0 Å². The number of nitriles is 1. The maximum absolute atomic E-state index is 9.91. The normalized spacial score (nSPS) is 16.2. The molecule has 3 aromatic rings. The average Bonchev–Trinajstić information content (AvgIpc) is 2.72. The van der Waals surface area contributed by atoms with Crippen LogP contribution in [-0.2, 0) is 0 Å². The first kappa shape index (κ1) is 17.0. The minimum Gasteiger partial charge on any atom is -0.508 e. The quantitative estimate of drug-likeness (QED) is 0.453. The zero-order chi connectivity index (χ0) is 20.1. The lowest BCUT2D eigenvalue weighted by Gasteiger charge is -2.30. The number of pyridine rings is 1. The Morgan fingerprint density at radius 2 is 1.83 bits per heavy atom. The molecule has 2 aliphatic heterocycles. The Bertz CT molecular complexity index is 1200. The zero-order valence-electron chi connectivity index (χ0n) is 15.2. The van der Waals surface area contributed by atoms with Gasteiger partial charge in [0.2, 0.25) is 5.88 Å². The lowest BCUT2D eigenvalue weighted by molar-refractivity contribution is 0.171. The van der Waals surface area contributed by atoms with Crippen LogP contribution in [0, 0.1) is 11.3 Å². The molecule has 5 rings (SSSR count). The van der Waals surface area contributed by atoms with Gasteiger partial charge in [-0.1, -0.05) is 12.1 Å². The van der Waals surface area contributed by atoms with Crippen LogP contribution in [0.15, 0.2) is 36.4 Å². The smallest absolute Gasteiger partial charge is 0.227 e. The molecule has 0 saturated carbocycles. The van der Waals surface area contributed by atoms with Crippen molar-refractivity contribution in [3.05, 3.63) is 58.7 Å². The van der Waals surface area contributed by atoms with E-state index in [1.807, 2.05) is 24.3 Å². The summed E-state index contributed by atoms with van der Waals surface area (Å²) in [5.41, 5.74) is 14.7. The van der Waals surface area contributed by atoms with Gasteiger partial charge in [-0.05, 0) is 23.8 Å². The number of nitrogens with zero attached hydrogens (tertiary/aromatic N) is 2. The summed E-state index contributed by atoms with van der Waals surface area (Å²) in [6, 6.07) is 12.5. The van der Waals surface area contributed by atoms with Crippen molar-refractivity contribution in [2.24, 2.45) is 0 Å². The second-order valence-corrected chi connectivity index (χ2v) is 6.78. The van der Waals surface area contributed by atoms with Gasteiger partial charge in [0.1, 0.15) is 42.2 Å². The molecule has 8 nitrogen and oxygen atoms in total. The summed E-state index contributed by atoms with van der Waals surface area (Å²) in [7, 11) is 0. The summed E-state index contributed by atoms with van der Waals surface area (Å²) in [6.45, 7) is 0.959. The van der Waals surface area contributed by atoms with Crippen molar-refractivity contribution in [1.82, 2.24) is 4.98 Å². The van der Waals surface area contributed by atoms with Gasteiger partial charge in [-0.3, -0.25) is 0 Å². The molecular weight excluding hydrogens is 372 g/mol. The number of benzene rings is 2. The summed E-state index contributed by atoms with van der Waals surface area (Å²) in [5.74, 6) is 1.59. The average molecular weight is 388 g/mol. The molecule has 0 spiro atoms. The Morgan fingerprint density at radius 3 is 2.62 bits per heavy atom. The number of aromatic hydroxyl groups is 1. The van der Waals surface area contributed by atoms with Crippen molar-refractivity contribution in [2.45, 2.75) is 5.92 Å². The van der Waals surface area contributed by atoms with Crippen LogP contribution in [-0.4, -0.2) is 23.3 Å². The minimum absolute atomic E-state index is 0.00622. The summed E-state index contributed by atoms with van der Waals surface area (Å²) >= 11 is 0. The molecular formula is C21H16N4O4. The van der Waals surface area contributed by atoms with Crippen LogP contribution in [0.25, 0.3) is 0 Å². The number of aromatic nitrogens is 1. The maximum atomic E-state index is 9.91. The SMILES string of the molecule is N#Cc1c(N)nc2c(c1N)[C@H](c1ccc3c(c1)OCCO3)c1ccc(O)cc1O2. The number of anilines is 2. The maximum Gasteiger partial charge on any atom is 0.227 e. The van der Waals surface area contributed by atoms with Gasteiger partial charge in [0, 0.05) is 17.5 Å². The molecule has 0 fully saturated rings. The highest BCUT2D eigenvalue weighted by molar-refractivity contribution is 5.75. The van der Waals surface area contributed by atoms with Gasteiger partial charge in [-0.25, -0.2) is 0 Å². The number of ether oxygens (including phenoxy) is 3. The largest absolute Gasteiger partial charge is 0.508 e. The molecule has 5 N–H and O–H groups in total. The Balaban J connectivity index is 1.78. The molecule has 0 bridgehead atoms. The first-order valence-corrected chi connectivity index (χ1v) is 8.96. The van der Waals surface area contributed by atoms with E-state index in [0.29, 0.717) is 36.0 Å². The fourth-order valence-electron chi connectivity index (χ4n) is 3.78. The fraction of sp³-hybridized carbons (Fsp3) is 0.143. The van der Waals surface area contributed by atoms with E-state index in [-0.39, 0.29) is 28.7 Å². The van der Waals surface area contributed by atoms with Crippen LogP contribution >= 0.6 is 0 Å². The van der Waals surface area contributed by atoms with E-state index in [9.17, 15) is 10.4 Å². The van der Waals surface area contributed by atoms with Gasteiger partial charge in [0.05, 0.1) is 11.3 Å². The lowest BCUT2D eigenvalue weighted by Crippen LogP contribution is -2.18. The van der Waals surface area contributed by atoms with Crippen LogP contribution in [0.3, 0.4) is 0 Å². The van der Waals surface area contributed by atoms with Crippen LogP contribution in [0.2, 0.25) is 0 Å². The minimum atomic E-state index is -0.398. The summed E-state index contributed by atoms with van der Waals surface area (Å²) < 4.78 is 17.2. The highest BCUT2D eigenvalue weighted by Crippen LogP contribution is 2.51. The van der Waals surface area contributed by atoms with Crippen molar-refractivity contribution >= 4 is 11.5 Å². The van der Waals surface area contributed by atoms with Crippen molar-refractivity contribution < 1.29 is 19.3 Å². The number of phenolic OH excluding ortho intramolecular Hbond substituents is 1. The topological polar surface area (TPSA) is 137 Å². The van der Waals surface area contributed by atoms with E-state index in [0.717, 1.165) is 11.1 Å². The number of hydrogen-bond donors (Lipinski definition) is 3. The molecule has 0 unspecified atom stereocenters. The predicted molar refractivity (Wildman–Crippen MR) is 104 cm³/mol. The number of rotatable bonds is 1. The molecule has 1 aromatic heterocycles. The van der Waals surface area contributed by atoms with E-state index < -0.39 is 5.92 Å². The van der Waals surface area contributed by atoms with E-state index in [4.69, 9.17) is 25.7 Å². The first-order chi connectivity index (χ1) is 14.1. The molecule has 1 atom stereocenters. The molecule has 8 heteroatoms. The van der Waals surface area contributed by atoms with E-state index >= 15 is 0 Å². The van der Waals surface area contributed by atoms with Crippen molar-refractivity contribution in [2.75, 3.05) is 24.7 Å². The van der Waals surface area contributed by atoms with E-state index in [2.05, 4.69) is 4.98 Å². The molecule has 3 heterocycles. The molecule has 0 saturated heterocycles. The Hall–Kier alpha value is -4.12. The van der Waals surface area contributed by atoms with Gasteiger partial charge >= 0.3 is 0 Å². The highest BCUT2D eigenvalue weighted by atomic mass is 16.6. The number of fused-ring (bicyclic) bond motifs is 3. The van der Waals surface area contributed by atoms with Crippen LogP contribution in [0.1, 0.15) is 28.2 Å². The van der Waals surface area contributed by atoms with E-state index in [1.54, 1.807) is 12.1 Å². The molecule has 0 aliphatic carbocycles. The molecule has 2 aromatic carbocycles. The fourth-order valence-corrected chi connectivity index (χ4v) is 3.78. The summed E-state index contributed by atoms with van der Waals surface area (Å²) in [5, 5.41) is 19.4. The van der Waals surface area contributed by atoms with Gasteiger partial charge in [-0.15, -0.1) is 0 Å². The summed E-state index contributed by atoms with van der Waals surface area (Å²) in [4.78, 5) is 4.25. The van der Waals surface area contributed by atoms with E-state index in [1.165, 1.54) is 6.07 Å². The second-order valence-electron chi connectivity index (χ2n) is 6.78. The number of nitrogen functional groups attached to an aromatic ring is 2. The molecule has 144 valence electrons. The summed E-state index contributed by atoms with van der Waals surface area (Å²) in [6.07, 6.45) is 0. The molecule has 0 radical (unpaired) electrons. The highest BCUT2D eigenvalue weighted by Gasteiger charge is 2.34. The van der Waals surface area contributed by atoms with Crippen LogP contribution in [0.4, 0.5) is 11.5 Å². The van der Waals surface area contributed by atoms with Gasteiger partial charge in [-0.2, -0.15) is 10.2 Å². The molecule has 2 aliphatic rings. The first-order valence-electron chi connectivity index (χ1n) is 8.96. The van der Waals surface area contributed by atoms with Crippen molar-refractivity contribution in [1.29, 1.82) is 5.26 Å². The second kappa shape index (κ2) is 6.21. The van der Waals surface area contributed by atoms with Gasteiger partial charge in [0.15, 0.2) is 11.5 Å². The monoisotopic (exact) mass is 388 g/mol. The molecule has 0 amide bonds. The van der Waals surface area contributed by atoms with Gasteiger partial charge in [0.25, 0.3) is 0 Å². The third kappa shape index (κ3) is 2.56. The standard InChI is InChI=1S/C21H16N4O4/c22-9-13-19(23)18-17(10-1-4-14-16(7-10)28-6-5-27-14)12-3-2-11(26)8-15(12)29-21(18)25-20(13)24/h1-4,7-8,17,26H,5-6H2,(H4,23,24,25)/t17-/m1/s1. The van der Waals surface area contributed by atoms with Crippen molar-refractivity contribution in [3.8, 4) is 34.9 Å². The van der Waals surface area contributed by atoms with Gasteiger partial charge < -0.3 is 30.8 Å². The number of hydrogen-bond acceptors (Lipinski definition) is 8. The lowest BCUT2D eigenvalue weighted by atomic mass is 9.82. The third-order valence-electron chi connectivity index (χ3n) is 5.08. The third-order valence-corrected chi connectivity index (χ3v) is 5.08. The molecule has 29 heavy (non-hydrogen) atoms.